The number of aromatic nitrogens is 1. The second-order valence-electron chi connectivity index (χ2n) is 6.42. The van der Waals surface area contributed by atoms with Crippen LogP contribution in [0.1, 0.15) is 39.3 Å². The van der Waals surface area contributed by atoms with Crippen molar-refractivity contribution in [3.8, 4) is 0 Å². The molecule has 1 aliphatic rings. The van der Waals surface area contributed by atoms with Crippen molar-refractivity contribution in [2.75, 3.05) is 13.1 Å². The number of halogens is 3. The van der Waals surface area contributed by atoms with E-state index >= 15 is 4.39 Å². The molecule has 22 heavy (non-hydrogen) atoms. The number of carbonyl (C=O) groups excluding carboxylic acids is 1. The van der Waals surface area contributed by atoms with Crippen LogP contribution in [0.4, 0.5) is 9.18 Å². The minimum absolute atomic E-state index is 0.126. The van der Waals surface area contributed by atoms with E-state index in [1.165, 1.54) is 17.2 Å². The van der Waals surface area contributed by atoms with Gasteiger partial charge in [-0.05, 0) is 26.8 Å². The lowest BCUT2D eigenvalue weighted by Gasteiger charge is -2.36. The average Bonchev–Trinajstić information content (AvgIpc) is 2.36. The number of amides is 1. The molecule has 1 amide bonds. The summed E-state index contributed by atoms with van der Waals surface area (Å²) in [7, 11) is 0. The Morgan fingerprint density at radius 1 is 1.36 bits per heavy atom. The quantitative estimate of drug-likeness (QED) is 0.745. The zero-order valence-electron chi connectivity index (χ0n) is 12.8. The number of alkyl halides is 1. The molecule has 0 atom stereocenters. The minimum atomic E-state index is -1.65. The topological polar surface area (TPSA) is 42.4 Å². The van der Waals surface area contributed by atoms with Gasteiger partial charge < -0.3 is 9.64 Å². The summed E-state index contributed by atoms with van der Waals surface area (Å²) >= 11 is 11.8. The van der Waals surface area contributed by atoms with E-state index in [1.54, 1.807) is 20.8 Å². The molecule has 7 heteroatoms. The van der Waals surface area contributed by atoms with Gasteiger partial charge in [-0.3, -0.25) is 4.98 Å². The Hall–Kier alpha value is -1.07. The molecule has 0 N–H and O–H groups in total. The fraction of sp³-hybridized carbons (Fsp3) is 0.600. The summed E-state index contributed by atoms with van der Waals surface area (Å²) in [5.41, 5.74) is -2.04. The molecule has 0 spiro atoms. The first-order valence-corrected chi connectivity index (χ1v) is 7.85. The molecule has 122 valence electrons. The van der Waals surface area contributed by atoms with Crippen molar-refractivity contribution in [2.24, 2.45) is 0 Å². The second-order valence-corrected chi connectivity index (χ2v) is 7.26. The molecule has 0 saturated carbocycles. The molecule has 1 fully saturated rings. The SMILES string of the molecule is CC(C)(C)OC(=O)N1CCC(F)(c2ncc(Cl)cc2Cl)CC1. The highest BCUT2D eigenvalue weighted by Gasteiger charge is 2.41. The smallest absolute Gasteiger partial charge is 0.410 e. The first-order valence-electron chi connectivity index (χ1n) is 7.09. The highest BCUT2D eigenvalue weighted by Crippen LogP contribution is 2.40. The molecular weight excluding hydrogens is 330 g/mol. The molecule has 0 aromatic carbocycles. The maximum absolute atomic E-state index is 15.1. The van der Waals surface area contributed by atoms with Gasteiger partial charge in [-0.15, -0.1) is 0 Å². The maximum atomic E-state index is 15.1. The number of hydrogen-bond acceptors (Lipinski definition) is 3. The second kappa shape index (κ2) is 6.20. The van der Waals surface area contributed by atoms with E-state index in [2.05, 4.69) is 4.98 Å². The molecule has 1 saturated heterocycles. The Labute approximate surface area is 139 Å². The van der Waals surface area contributed by atoms with Crippen LogP contribution >= 0.6 is 23.2 Å². The van der Waals surface area contributed by atoms with E-state index in [-0.39, 0.29) is 36.6 Å². The van der Waals surface area contributed by atoms with Gasteiger partial charge in [0.05, 0.1) is 15.7 Å². The van der Waals surface area contributed by atoms with Gasteiger partial charge in [0.2, 0.25) is 0 Å². The van der Waals surface area contributed by atoms with Crippen LogP contribution in [0.15, 0.2) is 12.3 Å². The Balaban J connectivity index is 2.06. The fourth-order valence-electron chi connectivity index (χ4n) is 2.35. The van der Waals surface area contributed by atoms with Crippen molar-refractivity contribution in [3.05, 3.63) is 28.0 Å². The number of rotatable bonds is 1. The number of pyridine rings is 1. The molecule has 0 unspecified atom stereocenters. The first kappa shape index (κ1) is 17.3. The molecule has 0 radical (unpaired) electrons. The average molecular weight is 349 g/mol. The summed E-state index contributed by atoms with van der Waals surface area (Å²) in [6.07, 6.45) is 1.20. The summed E-state index contributed by atoms with van der Waals surface area (Å²) in [4.78, 5) is 17.5. The Morgan fingerprint density at radius 2 is 1.95 bits per heavy atom. The van der Waals surface area contributed by atoms with Gasteiger partial charge in [-0.25, -0.2) is 9.18 Å². The lowest BCUT2D eigenvalue weighted by atomic mass is 9.89. The van der Waals surface area contributed by atoms with Gasteiger partial charge in [-0.1, -0.05) is 23.2 Å². The molecule has 0 bridgehead atoms. The van der Waals surface area contributed by atoms with Crippen LogP contribution in [0.5, 0.6) is 0 Å². The van der Waals surface area contributed by atoms with Crippen LogP contribution in [0, 0.1) is 0 Å². The Bertz CT molecular complexity index is 567. The zero-order valence-corrected chi connectivity index (χ0v) is 14.3. The summed E-state index contributed by atoms with van der Waals surface area (Å²) < 4.78 is 20.4. The van der Waals surface area contributed by atoms with Crippen molar-refractivity contribution in [1.29, 1.82) is 0 Å². The summed E-state index contributed by atoms with van der Waals surface area (Å²) in [5.74, 6) is 0. The number of carbonyl (C=O) groups is 1. The fourth-order valence-corrected chi connectivity index (χ4v) is 2.90. The maximum Gasteiger partial charge on any atom is 0.410 e. The summed E-state index contributed by atoms with van der Waals surface area (Å²) in [6, 6.07) is 1.48. The van der Waals surface area contributed by atoms with E-state index in [1.807, 2.05) is 0 Å². The van der Waals surface area contributed by atoms with Crippen molar-refractivity contribution in [1.82, 2.24) is 9.88 Å². The van der Waals surface area contributed by atoms with Crippen LogP contribution in [0.3, 0.4) is 0 Å². The molecule has 2 heterocycles. The van der Waals surface area contributed by atoms with Gasteiger partial charge in [0.1, 0.15) is 5.60 Å². The summed E-state index contributed by atoms with van der Waals surface area (Å²) in [5, 5.41) is 0.573. The monoisotopic (exact) mass is 348 g/mol. The van der Waals surface area contributed by atoms with Gasteiger partial charge >= 0.3 is 6.09 Å². The van der Waals surface area contributed by atoms with Crippen LogP contribution in [-0.2, 0) is 10.4 Å². The molecule has 1 aliphatic heterocycles. The third kappa shape index (κ3) is 4.02. The zero-order chi connectivity index (χ0) is 16.5. The van der Waals surface area contributed by atoms with Gasteiger partial charge in [-0.2, -0.15) is 0 Å². The van der Waals surface area contributed by atoms with Crippen LogP contribution in [0.25, 0.3) is 0 Å². The standard InChI is InChI=1S/C15H19Cl2FN2O2/c1-14(2,3)22-13(21)20-6-4-15(18,5-7-20)12-11(17)8-10(16)9-19-12/h8-9H,4-7H2,1-3H3. The van der Waals surface area contributed by atoms with Crippen molar-refractivity contribution < 1.29 is 13.9 Å². The number of hydrogen-bond donors (Lipinski definition) is 0. The molecular formula is C15H19Cl2FN2O2. The molecule has 1 aromatic heterocycles. The molecule has 0 aliphatic carbocycles. The Morgan fingerprint density at radius 3 is 2.45 bits per heavy atom. The highest BCUT2D eigenvalue weighted by atomic mass is 35.5. The van der Waals surface area contributed by atoms with Crippen LogP contribution in [0.2, 0.25) is 10.0 Å². The van der Waals surface area contributed by atoms with Gasteiger partial charge in [0, 0.05) is 32.1 Å². The lowest BCUT2D eigenvalue weighted by Crippen LogP contribution is -2.45. The molecule has 4 nitrogen and oxygen atoms in total. The minimum Gasteiger partial charge on any atom is -0.444 e. The highest BCUT2D eigenvalue weighted by molar-refractivity contribution is 6.34. The largest absolute Gasteiger partial charge is 0.444 e. The number of ether oxygens (including phenoxy) is 1. The van der Waals surface area contributed by atoms with Crippen LogP contribution in [-0.4, -0.2) is 34.7 Å². The number of nitrogens with zero attached hydrogens (tertiary/aromatic N) is 2. The molecule has 2 rings (SSSR count). The number of likely N-dealkylation sites (tertiary alicyclic amines) is 1. The predicted molar refractivity (Wildman–Crippen MR) is 84.1 cm³/mol. The van der Waals surface area contributed by atoms with Crippen molar-refractivity contribution in [2.45, 2.75) is 44.9 Å². The van der Waals surface area contributed by atoms with Crippen molar-refractivity contribution >= 4 is 29.3 Å². The first-order chi connectivity index (χ1) is 10.1. The lowest BCUT2D eigenvalue weighted by molar-refractivity contribution is 0.00130. The third-order valence-corrected chi connectivity index (χ3v) is 3.93. The number of piperidine rings is 1. The van der Waals surface area contributed by atoms with E-state index in [0.717, 1.165) is 0 Å². The third-order valence-electron chi connectivity index (χ3n) is 3.44. The van der Waals surface area contributed by atoms with Crippen LogP contribution < -0.4 is 0 Å². The summed E-state index contributed by atoms with van der Waals surface area (Å²) in [6.45, 7) is 5.90. The van der Waals surface area contributed by atoms with E-state index < -0.39 is 17.4 Å². The molecule has 1 aromatic rings. The van der Waals surface area contributed by atoms with E-state index in [4.69, 9.17) is 27.9 Å². The van der Waals surface area contributed by atoms with E-state index in [0.29, 0.717) is 5.02 Å². The van der Waals surface area contributed by atoms with Gasteiger partial charge in [0.15, 0.2) is 5.67 Å². The van der Waals surface area contributed by atoms with Crippen molar-refractivity contribution in [3.63, 3.8) is 0 Å². The van der Waals surface area contributed by atoms with E-state index in [9.17, 15) is 4.79 Å². The Kier molecular flexibility index (Phi) is 4.87. The van der Waals surface area contributed by atoms with Gasteiger partial charge in [0.25, 0.3) is 0 Å². The normalized spacial score (nSPS) is 18.2. The predicted octanol–water partition coefficient (Wildman–Crippen LogP) is 4.58.